The molecule has 1 aromatic carbocycles. The average molecular weight is 225 g/mol. The van der Waals surface area contributed by atoms with Gasteiger partial charge in [0.15, 0.2) is 6.29 Å². The number of nitro benzene ring substituents is 1. The Labute approximate surface area is 91.6 Å². The fourth-order valence-electron chi connectivity index (χ4n) is 1.47. The molecule has 1 fully saturated rings. The van der Waals surface area contributed by atoms with Gasteiger partial charge < -0.3 is 14.6 Å². The van der Waals surface area contributed by atoms with Crippen LogP contribution in [-0.4, -0.2) is 29.3 Å². The summed E-state index contributed by atoms with van der Waals surface area (Å²) in [5.41, 5.74) is 0.738. The van der Waals surface area contributed by atoms with Crippen LogP contribution < -0.4 is 0 Å². The standard InChI is InChI=1S/C10H11NO5/c12-5-9-6-15-10(16-9)7-1-3-8(4-2-7)11(13)14/h1-4,9-10,12H,5-6H2/t9-,10+/m0/s1. The summed E-state index contributed by atoms with van der Waals surface area (Å²) in [6, 6.07) is 5.97. The van der Waals surface area contributed by atoms with E-state index in [2.05, 4.69) is 0 Å². The molecule has 1 aliphatic rings. The first-order chi connectivity index (χ1) is 7.70. The molecule has 0 spiro atoms. The van der Waals surface area contributed by atoms with Crippen molar-refractivity contribution in [2.75, 3.05) is 13.2 Å². The lowest BCUT2D eigenvalue weighted by atomic mass is 10.2. The van der Waals surface area contributed by atoms with Crippen molar-refractivity contribution in [3.8, 4) is 0 Å². The van der Waals surface area contributed by atoms with Gasteiger partial charge in [0.25, 0.3) is 5.69 Å². The van der Waals surface area contributed by atoms with E-state index in [1.165, 1.54) is 12.1 Å². The molecule has 16 heavy (non-hydrogen) atoms. The van der Waals surface area contributed by atoms with Gasteiger partial charge in [0.1, 0.15) is 6.10 Å². The van der Waals surface area contributed by atoms with Crippen LogP contribution in [0.25, 0.3) is 0 Å². The number of nitrogens with zero attached hydrogens (tertiary/aromatic N) is 1. The first-order valence-electron chi connectivity index (χ1n) is 4.83. The van der Waals surface area contributed by atoms with Gasteiger partial charge in [-0.3, -0.25) is 10.1 Å². The third-order valence-corrected chi connectivity index (χ3v) is 2.33. The number of rotatable bonds is 3. The highest BCUT2D eigenvalue weighted by atomic mass is 16.7. The van der Waals surface area contributed by atoms with Gasteiger partial charge >= 0.3 is 0 Å². The van der Waals surface area contributed by atoms with Gasteiger partial charge in [-0.25, -0.2) is 0 Å². The normalized spacial score (nSPS) is 24.6. The molecule has 86 valence electrons. The Bertz CT molecular complexity index is 377. The maximum atomic E-state index is 10.4. The van der Waals surface area contributed by atoms with E-state index in [0.29, 0.717) is 12.2 Å². The monoisotopic (exact) mass is 225 g/mol. The summed E-state index contributed by atoms with van der Waals surface area (Å²) < 4.78 is 10.6. The highest BCUT2D eigenvalue weighted by Crippen LogP contribution is 2.27. The van der Waals surface area contributed by atoms with Crippen molar-refractivity contribution >= 4 is 5.69 Å². The highest BCUT2D eigenvalue weighted by Gasteiger charge is 2.26. The minimum Gasteiger partial charge on any atom is -0.394 e. The number of aliphatic hydroxyl groups excluding tert-OH is 1. The Balaban J connectivity index is 2.08. The van der Waals surface area contributed by atoms with E-state index in [4.69, 9.17) is 14.6 Å². The molecular formula is C10H11NO5. The molecule has 0 radical (unpaired) electrons. The van der Waals surface area contributed by atoms with Gasteiger partial charge in [-0.1, -0.05) is 0 Å². The van der Waals surface area contributed by atoms with E-state index >= 15 is 0 Å². The molecule has 6 nitrogen and oxygen atoms in total. The zero-order chi connectivity index (χ0) is 11.5. The maximum Gasteiger partial charge on any atom is 0.269 e. The summed E-state index contributed by atoms with van der Waals surface area (Å²) in [4.78, 5) is 9.98. The summed E-state index contributed by atoms with van der Waals surface area (Å²) >= 11 is 0. The van der Waals surface area contributed by atoms with Crippen LogP contribution >= 0.6 is 0 Å². The Hall–Kier alpha value is -1.50. The Morgan fingerprint density at radius 1 is 1.44 bits per heavy atom. The fourth-order valence-corrected chi connectivity index (χ4v) is 1.47. The zero-order valence-electron chi connectivity index (χ0n) is 8.41. The van der Waals surface area contributed by atoms with Crippen molar-refractivity contribution in [1.29, 1.82) is 0 Å². The Kier molecular flexibility index (Phi) is 3.14. The molecule has 2 rings (SSSR count). The number of benzene rings is 1. The topological polar surface area (TPSA) is 81.8 Å². The summed E-state index contributed by atoms with van der Waals surface area (Å²) in [5, 5.41) is 19.3. The third-order valence-electron chi connectivity index (χ3n) is 2.33. The lowest BCUT2D eigenvalue weighted by molar-refractivity contribution is -0.384. The molecule has 1 saturated heterocycles. The molecule has 0 aliphatic carbocycles. The van der Waals surface area contributed by atoms with Crippen molar-refractivity contribution in [3.63, 3.8) is 0 Å². The van der Waals surface area contributed by atoms with Crippen molar-refractivity contribution in [3.05, 3.63) is 39.9 Å². The van der Waals surface area contributed by atoms with Crippen LogP contribution in [0.2, 0.25) is 0 Å². The minimum absolute atomic E-state index is 0.0282. The van der Waals surface area contributed by atoms with E-state index in [0.717, 1.165) is 0 Å². The minimum atomic E-state index is -0.544. The summed E-state index contributed by atoms with van der Waals surface area (Å²) in [6.45, 7) is 0.238. The number of ether oxygens (including phenoxy) is 2. The van der Waals surface area contributed by atoms with Crippen LogP contribution in [0, 0.1) is 10.1 Å². The number of non-ortho nitro benzene ring substituents is 1. The van der Waals surface area contributed by atoms with Crippen LogP contribution in [0.3, 0.4) is 0 Å². The molecule has 1 aromatic rings. The van der Waals surface area contributed by atoms with E-state index in [9.17, 15) is 10.1 Å². The van der Waals surface area contributed by atoms with Gasteiger partial charge in [-0.05, 0) is 12.1 Å². The Morgan fingerprint density at radius 2 is 2.12 bits per heavy atom. The van der Waals surface area contributed by atoms with Crippen molar-refractivity contribution < 1.29 is 19.5 Å². The molecule has 1 aliphatic heterocycles. The van der Waals surface area contributed by atoms with Gasteiger partial charge in [-0.2, -0.15) is 0 Å². The van der Waals surface area contributed by atoms with Crippen molar-refractivity contribution in [2.24, 2.45) is 0 Å². The smallest absolute Gasteiger partial charge is 0.269 e. The molecule has 0 unspecified atom stereocenters. The van der Waals surface area contributed by atoms with Crippen molar-refractivity contribution in [1.82, 2.24) is 0 Å². The Morgan fingerprint density at radius 3 is 2.62 bits per heavy atom. The largest absolute Gasteiger partial charge is 0.394 e. The molecule has 2 atom stereocenters. The van der Waals surface area contributed by atoms with Crippen LogP contribution in [0.5, 0.6) is 0 Å². The van der Waals surface area contributed by atoms with E-state index in [1.807, 2.05) is 0 Å². The van der Waals surface area contributed by atoms with Gasteiger partial charge in [0, 0.05) is 17.7 Å². The highest BCUT2D eigenvalue weighted by molar-refractivity contribution is 5.33. The molecule has 0 saturated carbocycles. The number of hydrogen-bond donors (Lipinski definition) is 1. The molecule has 0 bridgehead atoms. The van der Waals surface area contributed by atoms with Crippen LogP contribution in [0.1, 0.15) is 11.9 Å². The van der Waals surface area contributed by atoms with Gasteiger partial charge in [0.2, 0.25) is 0 Å². The van der Waals surface area contributed by atoms with E-state index in [-0.39, 0.29) is 18.4 Å². The maximum absolute atomic E-state index is 10.4. The lowest BCUT2D eigenvalue weighted by Crippen LogP contribution is -2.14. The second-order valence-electron chi connectivity index (χ2n) is 3.45. The molecule has 0 aromatic heterocycles. The SMILES string of the molecule is O=[N+]([O-])c1ccc([C@@H]2OC[C@H](CO)O2)cc1. The molecular weight excluding hydrogens is 214 g/mol. The second kappa shape index (κ2) is 4.56. The average Bonchev–Trinajstić information content (AvgIpc) is 2.77. The number of aliphatic hydroxyl groups is 1. The van der Waals surface area contributed by atoms with E-state index < -0.39 is 11.2 Å². The molecule has 0 amide bonds. The van der Waals surface area contributed by atoms with Crippen molar-refractivity contribution in [2.45, 2.75) is 12.4 Å². The van der Waals surface area contributed by atoms with Crippen LogP contribution in [-0.2, 0) is 9.47 Å². The summed E-state index contributed by atoms with van der Waals surface area (Å²) in [5.74, 6) is 0. The number of nitro groups is 1. The fraction of sp³-hybridized carbons (Fsp3) is 0.400. The van der Waals surface area contributed by atoms with Crippen LogP contribution in [0.4, 0.5) is 5.69 Å². The summed E-state index contributed by atoms with van der Waals surface area (Å²) in [7, 11) is 0. The third kappa shape index (κ3) is 2.19. The van der Waals surface area contributed by atoms with Gasteiger partial charge in [0.05, 0.1) is 18.1 Å². The quantitative estimate of drug-likeness (QED) is 0.613. The zero-order valence-corrected chi connectivity index (χ0v) is 8.41. The summed E-state index contributed by atoms with van der Waals surface area (Å²) in [6.07, 6.45) is -0.863. The predicted molar refractivity (Wildman–Crippen MR) is 53.7 cm³/mol. The first-order valence-corrected chi connectivity index (χ1v) is 4.83. The molecule has 1 heterocycles. The van der Waals surface area contributed by atoms with Crippen LogP contribution in [0.15, 0.2) is 24.3 Å². The first kappa shape index (κ1) is 11.0. The molecule has 6 heteroatoms. The van der Waals surface area contributed by atoms with E-state index in [1.54, 1.807) is 12.1 Å². The molecule has 1 N–H and O–H groups in total. The van der Waals surface area contributed by atoms with Gasteiger partial charge in [-0.15, -0.1) is 0 Å². The second-order valence-corrected chi connectivity index (χ2v) is 3.45. The lowest BCUT2D eigenvalue weighted by Gasteiger charge is -2.09. The number of hydrogen-bond acceptors (Lipinski definition) is 5. The predicted octanol–water partition coefficient (Wildman–Crippen LogP) is 1.00.